The first-order valence-corrected chi connectivity index (χ1v) is 17.5. The molecule has 1 heterocycles. The maximum atomic E-state index is 5.17. The lowest BCUT2D eigenvalue weighted by Gasteiger charge is -2.17. The lowest BCUT2D eigenvalue weighted by molar-refractivity contribution is 1.08. The minimum atomic E-state index is 0.627. The quantitative estimate of drug-likeness (QED) is 0.170. The molecule has 3 heteroatoms. The van der Waals surface area contributed by atoms with Gasteiger partial charge in [0, 0.05) is 16.7 Å². The molecule has 0 aliphatic heterocycles. The Morgan fingerprint density at radius 2 is 0.692 bits per heavy atom. The molecule has 0 N–H and O–H groups in total. The second-order valence-electron chi connectivity index (χ2n) is 12.8. The molecule has 0 bridgehead atoms. The fourth-order valence-corrected chi connectivity index (χ4v) is 7.01. The Morgan fingerprint density at radius 1 is 0.250 bits per heavy atom. The zero-order valence-electron chi connectivity index (χ0n) is 28.4. The summed E-state index contributed by atoms with van der Waals surface area (Å²) in [6, 6.07) is 70.0. The molecular weight excluding hydrogens is 631 g/mol. The third kappa shape index (κ3) is 6.06. The number of benzene rings is 8. The average molecular weight is 664 g/mol. The van der Waals surface area contributed by atoms with E-state index < -0.39 is 0 Å². The molecule has 0 amide bonds. The van der Waals surface area contributed by atoms with Crippen molar-refractivity contribution < 1.29 is 0 Å². The van der Waals surface area contributed by atoms with E-state index in [1.54, 1.807) is 0 Å². The third-order valence-electron chi connectivity index (χ3n) is 9.56. The van der Waals surface area contributed by atoms with E-state index in [1.165, 1.54) is 27.8 Å². The SMILES string of the molecule is c1ccc(-c2ccc(-c3nc(-c4cccc(-c5cccc(-c6ccccc6)c5-c5ccccc5)c4)nc(-c4cccc5ccccc45)n3)cc2)cc1. The normalized spacial score (nSPS) is 11.1. The van der Waals surface area contributed by atoms with Crippen LogP contribution in [0.3, 0.4) is 0 Å². The van der Waals surface area contributed by atoms with Crippen LogP contribution < -0.4 is 0 Å². The van der Waals surface area contributed by atoms with Gasteiger partial charge in [-0.3, -0.25) is 0 Å². The topological polar surface area (TPSA) is 38.7 Å². The number of hydrogen-bond donors (Lipinski definition) is 0. The second-order valence-corrected chi connectivity index (χ2v) is 12.8. The van der Waals surface area contributed by atoms with Crippen LogP contribution >= 0.6 is 0 Å². The first-order chi connectivity index (χ1) is 25.8. The summed E-state index contributed by atoms with van der Waals surface area (Å²) in [5.74, 6) is 1.90. The van der Waals surface area contributed by atoms with E-state index in [0.29, 0.717) is 17.5 Å². The van der Waals surface area contributed by atoms with Gasteiger partial charge in [-0.05, 0) is 61.3 Å². The van der Waals surface area contributed by atoms with Gasteiger partial charge in [0.2, 0.25) is 0 Å². The maximum absolute atomic E-state index is 5.17. The summed E-state index contributed by atoms with van der Waals surface area (Å²) in [5.41, 5.74) is 12.1. The fraction of sp³-hybridized carbons (Fsp3) is 0. The zero-order valence-corrected chi connectivity index (χ0v) is 28.4. The van der Waals surface area contributed by atoms with Crippen LogP contribution in [-0.4, -0.2) is 15.0 Å². The van der Waals surface area contributed by atoms with Crippen LogP contribution in [0.15, 0.2) is 200 Å². The molecule has 0 spiro atoms. The molecule has 0 fully saturated rings. The van der Waals surface area contributed by atoms with Gasteiger partial charge in [0.05, 0.1) is 0 Å². The Kier molecular flexibility index (Phi) is 8.20. The Hall–Kier alpha value is -6.97. The van der Waals surface area contributed by atoms with Crippen LogP contribution in [0.25, 0.3) is 89.4 Å². The van der Waals surface area contributed by atoms with Crippen molar-refractivity contribution in [3.05, 3.63) is 200 Å². The van der Waals surface area contributed by atoms with Crippen molar-refractivity contribution in [2.24, 2.45) is 0 Å². The number of fused-ring (bicyclic) bond motifs is 1. The Balaban J connectivity index is 1.21. The van der Waals surface area contributed by atoms with Gasteiger partial charge >= 0.3 is 0 Å². The van der Waals surface area contributed by atoms with Gasteiger partial charge in [-0.15, -0.1) is 0 Å². The molecule has 9 rings (SSSR count). The summed E-state index contributed by atoms with van der Waals surface area (Å²) in [6.07, 6.45) is 0. The lowest BCUT2D eigenvalue weighted by atomic mass is 9.87. The van der Waals surface area contributed by atoms with Crippen molar-refractivity contribution in [3.8, 4) is 78.7 Å². The van der Waals surface area contributed by atoms with Gasteiger partial charge in [0.1, 0.15) is 0 Å². The van der Waals surface area contributed by atoms with E-state index in [4.69, 9.17) is 15.0 Å². The maximum Gasteiger partial charge on any atom is 0.164 e. The third-order valence-corrected chi connectivity index (χ3v) is 9.56. The number of nitrogens with zero attached hydrogens (tertiary/aromatic N) is 3. The summed E-state index contributed by atoms with van der Waals surface area (Å²) in [4.78, 5) is 15.4. The van der Waals surface area contributed by atoms with Crippen LogP contribution in [-0.2, 0) is 0 Å². The molecule has 244 valence electrons. The van der Waals surface area contributed by atoms with E-state index in [0.717, 1.165) is 44.2 Å². The van der Waals surface area contributed by atoms with E-state index in [9.17, 15) is 0 Å². The summed E-state index contributed by atoms with van der Waals surface area (Å²) < 4.78 is 0. The van der Waals surface area contributed by atoms with Gasteiger partial charge in [0.15, 0.2) is 17.5 Å². The molecule has 1 aromatic heterocycles. The largest absolute Gasteiger partial charge is 0.208 e. The highest BCUT2D eigenvalue weighted by Gasteiger charge is 2.17. The molecule has 0 unspecified atom stereocenters. The first kappa shape index (κ1) is 31.0. The zero-order chi connectivity index (χ0) is 34.7. The average Bonchev–Trinajstić information content (AvgIpc) is 3.24. The predicted octanol–water partition coefficient (Wildman–Crippen LogP) is 12.7. The summed E-state index contributed by atoms with van der Waals surface area (Å²) in [7, 11) is 0. The van der Waals surface area contributed by atoms with Crippen LogP contribution in [0.1, 0.15) is 0 Å². The first-order valence-electron chi connectivity index (χ1n) is 17.5. The van der Waals surface area contributed by atoms with Crippen molar-refractivity contribution in [3.63, 3.8) is 0 Å². The predicted molar refractivity (Wildman–Crippen MR) is 215 cm³/mol. The number of aromatic nitrogens is 3. The Bertz CT molecular complexity index is 2650. The van der Waals surface area contributed by atoms with Gasteiger partial charge in [0.25, 0.3) is 0 Å². The van der Waals surface area contributed by atoms with E-state index in [-0.39, 0.29) is 0 Å². The molecule has 0 radical (unpaired) electrons. The van der Waals surface area contributed by atoms with Gasteiger partial charge < -0.3 is 0 Å². The Morgan fingerprint density at radius 3 is 1.42 bits per heavy atom. The van der Waals surface area contributed by atoms with Crippen molar-refractivity contribution >= 4 is 10.8 Å². The fourth-order valence-electron chi connectivity index (χ4n) is 7.01. The minimum Gasteiger partial charge on any atom is -0.208 e. The molecule has 0 saturated carbocycles. The van der Waals surface area contributed by atoms with Crippen molar-refractivity contribution in [1.82, 2.24) is 15.0 Å². The van der Waals surface area contributed by atoms with Crippen molar-refractivity contribution in [2.45, 2.75) is 0 Å². The summed E-state index contributed by atoms with van der Waals surface area (Å²) in [6.45, 7) is 0. The monoisotopic (exact) mass is 663 g/mol. The second kappa shape index (κ2) is 13.7. The molecule has 0 saturated heterocycles. The van der Waals surface area contributed by atoms with Crippen molar-refractivity contribution in [1.29, 1.82) is 0 Å². The molecule has 0 aliphatic rings. The summed E-state index contributed by atoms with van der Waals surface area (Å²) in [5, 5.41) is 2.25. The van der Waals surface area contributed by atoms with Crippen LogP contribution in [0, 0.1) is 0 Å². The van der Waals surface area contributed by atoms with E-state index in [2.05, 4.69) is 194 Å². The standard InChI is InChI=1S/C49H33N3/c1-4-15-34(16-5-1)35-29-31-39(32-30-35)47-50-48(52-49(51-47)45-28-13-22-36-19-10-11-25-42(36)45)41-24-12-23-40(33-41)44-27-14-26-43(37-17-6-2-7-18-37)46(44)38-20-8-3-9-21-38/h1-33H. The molecule has 3 nitrogen and oxygen atoms in total. The summed E-state index contributed by atoms with van der Waals surface area (Å²) >= 11 is 0. The smallest absolute Gasteiger partial charge is 0.164 e. The molecule has 9 aromatic rings. The van der Waals surface area contributed by atoms with Crippen molar-refractivity contribution in [2.75, 3.05) is 0 Å². The van der Waals surface area contributed by atoms with Gasteiger partial charge in [-0.25, -0.2) is 15.0 Å². The molecular formula is C49H33N3. The molecule has 0 aliphatic carbocycles. The molecule has 0 atom stereocenters. The van der Waals surface area contributed by atoms with Crippen LogP contribution in [0.5, 0.6) is 0 Å². The van der Waals surface area contributed by atoms with Gasteiger partial charge in [-0.1, -0.05) is 194 Å². The highest BCUT2D eigenvalue weighted by atomic mass is 15.0. The number of hydrogen-bond acceptors (Lipinski definition) is 3. The highest BCUT2D eigenvalue weighted by Crippen LogP contribution is 2.41. The number of rotatable bonds is 7. The van der Waals surface area contributed by atoms with E-state index >= 15 is 0 Å². The van der Waals surface area contributed by atoms with Gasteiger partial charge in [-0.2, -0.15) is 0 Å². The van der Waals surface area contributed by atoms with Crippen LogP contribution in [0.4, 0.5) is 0 Å². The molecule has 52 heavy (non-hydrogen) atoms. The molecule has 8 aromatic carbocycles. The highest BCUT2D eigenvalue weighted by molar-refractivity contribution is 5.96. The minimum absolute atomic E-state index is 0.627. The Labute approximate surface area is 303 Å². The lowest BCUT2D eigenvalue weighted by Crippen LogP contribution is -2.01. The van der Waals surface area contributed by atoms with E-state index in [1.807, 2.05) is 6.07 Å². The van der Waals surface area contributed by atoms with Crippen LogP contribution in [0.2, 0.25) is 0 Å².